The minimum atomic E-state index is -3.38. The summed E-state index contributed by atoms with van der Waals surface area (Å²) < 4.78 is 27.9. The Morgan fingerprint density at radius 3 is 2.53 bits per heavy atom. The molecule has 0 aliphatic heterocycles. The lowest BCUT2D eigenvalue weighted by Gasteiger charge is -2.26. The maximum atomic E-state index is 12.3. The first-order valence-electron chi connectivity index (χ1n) is 6.74. The molecule has 6 heteroatoms. The van der Waals surface area contributed by atoms with Crippen molar-refractivity contribution in [2.24, 2.45) is 11.7 Å². The normalized spacial score (nSPS) is 24.6. The molecule has 1 aliphatic carbocycles. The lowest BCUT2D eigenvalue weighted by Crippen LogP contribution is -2.36. The van der Waals surface area contributed by atoms with E-state index >= 15 is 0 Å². The minimum absolute atomic E-state index is 0.0879. The maximum absolute atomic E-state index is 12.3. The number of nitrogens with one attached hydrogen (secondary N) is 1. The second-order valence-corrected chi connectivity index (χ2v) is 8.53. The molecule has 3 N–H and O–H groups in total. The summed E-state index contributed by atoms with van der Waals surface area (Å²) in [6.07, 6.45) is 4.08. The van der Waals surface area contributed by atoms with Gasteiger partial charge in [-0.25, -0.2) is 13.1 Å². The number of sulfonamides is 1. The zero-order valence-electron chi connectivity index (χ0n) is 11.5. The molecule has 0 radical (unpaired) electrons. The lowest BCUT2D eigenvalue weighted by atomic mass is 9.88. The van der Waals surface area contributed by atoms with E-state index in [0.717, 1.165) is 36.1 Å². The van der Waals surface area contributed by atoms with Crippen molar-refractivity contribution in [2.45, 2.75) is 56.3 Å². The van der Waals surface area contributed by atoms with Crippen molar-refractivity contribution >= 4 is 21.4 Å². The lowest BCUT2D eigenvalue weighted by molar-refractivity contribution is 0.332. The van der Waals surface area contributed by atoms with Crippen LogP contribution in [0.3, 0.4) is 0 Å². The largest absolute Gasteiger partial charge is 0.326 e. The van der Waals surface area contributed by atoms with E-state index in [-0.39, 0.29) is 6.04 Å². The van der Waals surface area contributed by atoms with Crippen LogP contribution in [0.4, 0.5) is 0 Å². The number of hydrogen-bond acceptors (Lipinski definition) is 4. The summed E-state index contributed by atoms with van der Waals surface area (Å²) in [7, 11) is -3.38. The van der Waals surface area contributed by atoms with Gasteiger partial charge in [0.15, 0.2) is 0 Å². The van der Waals surface area contributed by atoms with E-state index < -0.39 is 10.0 Å². The monoisotopic (exact) mass is 302 g/mol. The van der Waals surface area contributed by atoms with E-state index in [4.69, 9.17) is 5.73 Å². The van der Waals surface area contributed by atoms with Gasteiger partial charge in [-0.2, -0.15) is 0 Å². The highest BCUT2D eigenvalue weighted by atomic mass is 32.2. The van der Waals surface area contributed by atoms with Crippen LogP contribution in [-0.2, 0) is 16.6 Å². The summed E-state index contributed by atoms with van der Waals surface area (Å²) in [5, 5.41) is 0. The van der Waals surface area contributed by atoms with Crippen LogP contribution in [-0.4, -0.2) is 14.5 Å². The van der Waals surface area contributed by atoms with Crippen molar-refractivity contribution in [3.63, 3.8) is 0 Å². The van der Waals surface area contributed by atoms with Crippen LogP contribution in [0.1, 0.15) is 43.0 Å². The first-order valence-corrected chi connectivity index (χ1v) is 9.04. The summed E-state index contributed by atoms with van der Waals surface area (Å²) in [5.41, 5.74) is 6.57. The van der Waals surface area contributed by atoms with Gasteiger partial charge in [-0.3, -0.25) is 0 Å². The van der Waals surface area contributed by atoms with Gasteiger partial charge in [0.1, 0.15) is 4.21 Å². The van der Waals surface area contributed by atoms with Crippen molar-refractivity contribution in [3.05, 3.63) is 16.5 Å². The number of thiophene rings is 1. The molecule has 1 saturated carbocycles. The van der Waals surface area contributed by atoms with Crippen LogP contribution in [0.2, 0.25) is 0 Å². The van der Waals surface area contributed by atoms with Crippen molar-refractivity contribution in [1.29, 1.82) is 0 Å². The fraction of sp³-hybridized carbons (Fsp3) is 0.692. The number of nitrogens with two attached hydrogens (primary N) is 1. The Balaban J connectivity index is 2.09. The van der Waals surface area contributed by atoms with Gasteiger partial charge in [0.05, 0.1) is 0 Å². The summed E-state index contributed by atoms with van der Waals surface area (Å²) in [5.74, 6) is 0.716. The fourth-order valence-electron chi connectivity index (χ4n) is 2.48. The smallest absolute Gasteiger partial charge is 0.250 e. The zero-order chi connectivity index (χ0) is 14.0. The molecule has 0 amide bonds. The molecule has 0 saturated heterocycles. The molecule has 4 nitrogen and oxygen atoms in total. The number of aryl methyl sites for hydroxylation is 1. The standard InChI is InChI=1S/C13H22N2O2S2/c1-9-3-5-11(6-4-9)15-19(16,17)13-7-10(2)12(8-14)18-13/h7,9,11,15H,3-6,8,14H2,1-2H3. The maximum Gasteiger partial charge on any atom is 0.250 e. The van der Waals surface area contributed by atoms with Gasteiger partial charge in [-0.1, -0.05) is 6.92 Å². The molecular formula is C13H22N2O2S2. The molecule has 1 fully saturated rings. The van der Waals surface area contributed by atoms with Gasteiger partial charge in [0.25, 0.3) is 0 Å². The van der Waals surface area contributed by atoms with Gasteiger partial charge in [0, 0.05) is 17.5 Å². The topological polar surface area (TPSA) is 72.2 Å². The second kappa shape index (κ2) is 5.91. The molecule has 108 valence electrons. The van der Waals surface area contributed by atoms with Crippen LogP contribution in [0.5, 0.6) is 0 Å². The van der Waals surface area contributed by atoms with E-state index in [2.05, 4.69) is 11.6 Å². The van der Waals surface area contributed by atoms with E-state index in [0.29, 0.717) is 16.7 Å². The summed E-state index contributed by atoms with van der Waals surface area (Å²) in [6.45, 7) is 4.52. The predicted molar refractivity (Wildman–Crippen MR) is 78.7 cm³/mol. The quantitative estimate of drug-likeness (QED) is 0.897. The number of rotatable bonds is 4. The third-order valence-electron chi connectivity index (χ3n) is 3.79. The summed E-state index contributed by atoms with van der Waals surface area (Å²) in [6, 6.07) is 1.81. The van der Waals surface area contributed by atoms with E-state index in [1.807, 2.05) is 6.92 Å². The average molecular weight is 302 g/mol. The summed E-state index contributed by atoms with van der Waals surface area (Å²) in [4.78, 5) is 0.942. The van der Waals surface area contributed by atoms with Gasteiger partial charge in [-0.05, 0) is 50.2 Å². The molecule has 1 aliphatic rings. The molecular weight excluding hydrogens is 280 g/mol. The Bertz CT molecular complexity index is 529. The Morgan fingerprint density at radius 1 is 1.37 bits per heavy atom. The molecule has 1 aromatic heterocycles. The van der Waals surface area contributed by atoms with E-state index in [9.17, 15) is 8.42 Å². The highest BCUT2D eigenvalue weighted by Crippen LogP contribution is 2.28. The molecule has 0 atom stereocenters. The number of hydrogen-bond donors (Lipinski definition) is 2. The molecule has 0 spiro atoms. The molecule has 1 heterocycles. The fourth-order valence-corrected chi connectivity index (χ4v) is 5.27. The van der Waals surface area contributed by atoms with Crippen LogP contribution in [0, 0.1) is 12.8 Å². The van der Waals surface area contributed by atoms with Gasteiger partial charge < -0.3 is 5.73 Å². The highest BCUT2D eigenvalue weighted by Gasteiger charge is 2.25. The van der Waals surface area contributed by atoms with E-state index in [1.165, 1.54) is 11.3 Å². The third-order valence-corrected chi connectivity index (χ3v) is 7.04. The molecule has 0 unspecified atom stereocenters. The zero-order valence-corrected chi connectivity index (χ0v) is 13.1. The Labute approximate surface area is 119 Å². The minimum Gasteiger partial charge on any atom is -0.326 e. The molecule has 0 bridgehead atoms. The van der Waals surface area contributed by atoms with Crippen molar-refractivity contribution < 1.29 is 8.42 Å². The SMILES string of the molecule is Cc1cc(S(=O)(=O)NC2CCC(C)CC2)sc1CN. The predicted octanol–water partition coefficient (Wildman–Crippen LogP) is 2.37. The van der Waals surface area contributed by atoms with Crippen LogP contribution < -0.4 is 10.5 Å². The molecule has 19 heavy (non-hydrogen) atoms. The Hall–Kier alpha value is -0.430. The molecule has 2 rings (SSSR count). The third kappa shape index (κ3) is 3.56. The van der Waals surface area contributed by atoms with E-state index in [1.54, 1.807) is 6.07 Å². The Morgan fingerprint density at radius 2 is 2.00 bits per heavy atom. The van der Waals surface area contributed by atoms with Crippen molar-refractivity contribution in [1.82, 2.24) is 4.72 Å². The van der Waals surface area contributed by atoms with Crippen molar-refractivity contribution in [2.75, 3.05) is 0 Å². The second-order valence-electron chi connectivity index (χ2n) is 5.45. The molecule has 1 aromatic rings. The average Bonchev–Trinajstić information content (AvgIpc) is 2.74. The molecule has 0 aromatic carbocycles. The van der Waals surface area contributed by atoms with Crippen LogP contribution >= 0.6 is 11.3 Å². The van der Waals surface area contributed by atoms with Gasteiger partial charge in [0.2, 0.25) is 10.0 Å². The van der Waals surface area contributed by atoms with Gasteiger partial charge >= 0.3 is 0 Å². The Kier molecular flexibility index (Phi) is 4.66. The van der Waals surface area contributed by atoms with Gasteiger partial charge in [-0.15, -0.1) is 11.3 Å². The first kappa shape index (κ1) is 15.0. The summed E-state index contributed by atoms with van der Waals surface area (Å²) >= 11 is 1.28. The van der Waals surface area contributed by atoms with Crippen molar-refractivity contribution in [3.8, 4) is 0 Å². The van der Waals surface area contributed by atoms with Crippen LogP contribution in [0.25, 0.3) is 0 Å². The first-order chi connectivity index (χ1) is 8.92. The van der Waals surface area contributed by atoms with Crippen LogP contribution in [0.15, 0.2) is 10.3 Å². The highest BCUT2D eigenvalue weighted by molar-refractivity contribution is 7.91.